The van der Waals surface area contributed by atoms with Crippen molar-refractivity contribution in [2.24, 2.45) is 0 Å². The first-order valence-corrected chi connectivity index (χ1v) is 7.40. The average Bonchev–Trinajstić information content (AvgIpc) is 2.46. The second-order valence-corrected chi connectivity index (χ2v) is 5.82. The van der Waals surface area contributed by atoms with Gasteiger partial charge in [-0.3, -0.25) is 0 Å². The molecule has 0 amide bonds. The van der Waals surface area contributed by atoms with Gasteiger partial charge in [0, 0.05) is 10.0 Å². The summed E-state index contributed by atoms with van der Waals surface area (Å²) in [7, 11) is 0. The molecular formula is C17H16BrNO2. The van der Waals surface area contributed by atoms with Gasteiger partial charge < -0.3 is 9.84 Å². The molecule has 21 heavy (non-hydrogen) atoms. The summed E-state index contributed by atoms with van der Waals surface area (Å²) in [6, 6.07) is 13.2. The van der Waals surface area contributed by atoms with Crippen molar-refractivity contribution in [2.45, 2.75) is 26.6 Å². The molecule has 0 heterocycles. The lowest BCUT2D eigenvalue weighted by Gasteiger charge is -2.15. The Hall–Kier alpha value is -1.83. The van der Waals surface area contributed by atoms with Crippen LogP contribution in [0.25, 0.3) is 0 Å². The molecule has 0 bridgehead atoms. The third-order valence-corrected chi connectivity index (χ3v) is 3.77. The van der Waals surface area contributed by atoms with Gasteiger partial charge in [0.15, 0.2) is 0 Å². The van der Waals surface area contributed by atoms with Crippen LogP contribution in [0.15, 0.2) is 40.9 Å². The van der Waals surface area contributed by atoms with Gasteiger partial charge in [0.2, 0.25) is 0 Å². The van der Waals surface area contributed by atoms with Crippen LogP contribution in [-0.2, 0) is 6.61 Å². The van der Waals surface area contributed by atoms with E-state index in [-0.39, 0.29) is 0 Å². The molecule has 0 fully saturated rings. The largest absolute Gasteiger partial charge is 0.489 e. The Labute approximate surface area is 132 Å². The molecule has 0 aliphatic heterocycles. The van der Waals surface area contributed by atoms with Gasteiger partial charge in [-0.2, -0.15) is 5.26 Å². The van der Waals surface area contributed by atoms with Crippen LogP contribution in [0.2, 0.25) is 0 Å². The molecule has 1 N–H and O–H groups in total. The number of hydrogen-bond acceptors (Lipinski definition) is 3. The SMILES string of the molecule is Cc1cc(C#N)ccc1COc1ccc(Br)cc1[C@H](C)O. The number of benzene rings is 2. The third kappa shape index (κ3) is 3.84. The fraction of sp³-hybridized carbons (Fsp3) is 0.235. The number of ether oxygens (including phenoxy) is 1. The molecule has 108 valence electrons. The molecule has 2 rings (SSSR count). The minimum atomic E-state index is -0.598. The molecule has 0 saturated carbocycles. The predicted octanol–water partition coefficient (Wildman–Crippen LogP) is 4.26. The lowest BCUT2D eigenvalue weighted by Crippen LogP contribution is -2.02. The van der Waals surface area contributed by atoms with Crippen LogP contribution in [0.4, 0.5) is 0 Å². The van der Waals surface area contributed by atoms with E-state index in [2.05, 4.69) is 22.0 Å². The summed E-state index contributed by atoms with van der Waals surface area (Å²) in [4.78, 5) is 0. The smallest absolute Gasteiger partial charge is 0.125 e. The quantitative estimate of drug-likeness (QED) is 0.900. The second-order valence-electron chi connectivity index (χ2n) is 4.90. The molecule has 4 heteroatoms. The summed E-state index contributed by atoms with van der Waals surface area (Å²) in [5.74, 6) is 0.664. The number of aliphatic hydroxyl groups excluding tert-OH is 1. The van der Waals surface area contributed by atoms with Crippen molar-refractivity contribution in [1.82, 2.24) is 0 Å². The van der Waals surface area contributed by atoms with Crippen LogP contribution >= 0.6 is 15.9 Å². The first-order valence-electron chi connectivity index (χ1n) is 6.61. The second kappa shape index (κ2) is 6.75. The zero-order chi connectivity index (χ0) is 15.4. The van der Waals surface area contributed by atoms with Crippen LogP contribution in [0.1, 0.15) is 35.3 Å². The Kier molecular flexibility index (Phi) is 5.00. The van der Waals surface area contributed by atoms with E-state index in [1.54, 1.807) is 13.0 Å². The van der Waals surface area contributed by atoms with E-state index in [4.69, 9.17) is 10.00 Å². The first-order chi connectivity index (χ1) is 10.0. The lowest BCUT2D eigenvalue weighted by atomic mass is 10.1. The van der Waals surface area contributed by atoms with Gasteiger partial charge >= 0.3 is 0 Å². The van der Waals surface area contributed by atoms with E-state index in [0.29, 0.717) is 17.9 Å². The molecule has 3 nitrogen and oxygen atoms in total. The number of aryl methyl sites for hydroxylation is 1. The van der Waals surface area contributed by atoms with Gasteiger partial charge in [-0.05, 0) is 55.3 Å². The van der Waals surface area contributed by atoms with E-state index < -0.39 is 6.10 Å². The van der Waals surface area contributed by atoms with Crippen LogP contribution in [-0.4, -0.2) is 5.11 Å². The summed E-state index contributed by atoms with van der Waals surface area (Å²) in [6.07, 6.45) is -0.598. The van der Waals surface area contributed by atoms with E-state index in [0.717, 1.165) is 21.2 Å². The van der Waals surface area contributed by atoms with Crippen molar-refractivity contribution >= 4 is 15.9 Å². The van der Waals surface area contributed by atoms with E-state index in [1.807, 2.05) is 37.3 Å². The number of nitrogens with zero attached hydrogens (tertiary/aromatic N) is 1. The zero-order valence-electron chi connectivity index (χ0n) is 11.9. The summed E-state index contributed by atoms with van der Waals surface area (Å²) < 4.78 is 6.73. The predicted molar refractivity (Wildman–Crippen MR) is 85.0 cm³/mol. The van der Waals surface area contributed by atoms with Gasteiger partial charge in [-0.1, -0.05) is 22.0 Å². The minimum Gasteiger partial charge on any atom is -0.489 e. The molecule has 0 aliphatic carbocycles. The highest BCUT2D eigenvalue weighted by atomic mass is 79.9. The van der Waals surface area contributed by atoms with Crippen molar-refractivity contribution in [2.75, 3.05) is 0 Å². The Bertz CT molecular complexity index is 690. The van der Waals surface area contributed by atoms with Gasteiger partial charge in [0.05, 0.1) is 17.7 Å². The monoisotopic (exact) mass is 345 g/mol. The molecule has 0 aromatic heterocycles. The maximum absolute atomic E-state index is 9.81. The first kappa shape index (κ1) is 15.6. The van der Waals surface area contributed by atoms with Crippen LogP contribution < -0.4 is 4.74 Å². The van der Waals surface area contributed by atoms with Crippen molar-refractivity contribution in [3.05, 3.63) is 63.1 Å². The number of rotatable bonds is 4. The van der Waals surface area contributed by atoms with Gasteiger partial charge in [-0.25, -0.2) is 0 Å². The number of halogens is 1. The Balaban J connectivity index is 2.19. The van der Waals surface area contributed by atoms with Crippen molar-refractivity contribution in [3.63, 3.8) is 0 Å². The molecule has 2 aromatic carbocycles. The highest BCUT2D eigenvalue weighted by molar-refractivity contribution is 9.10. The van der Waals surface area contributed by atoms with Crippen LogP contribution in [0.5, 0.6) is 5.75 Å². The lowest BCUT2D eigenvalue weighted by molar-refractivity contribution is 0.190. The standard InChI is InChI=1S/C17H16BrNO2/c1-11-7-13(9-19)3-4-14(11)10-21-17-6-5-15(18)8-16(17)12(2)20/h3-8,12,20H,10H2,1-2H3/t12-/m0/s1. The van der Waals surface area contributed by atoms with Gasteiger partial charge in [-0.15, -0.1) is 0 Å². The van der Waals surface area contributed by atoms with Crippen LogP contribution in [0.3, 0.4) is 0 Å². The summed E-state index contributed by atoms with van der Waals surface area (Å²) in [5, 5.41) is 18.7. The molecule has 0 radical (unpaired) electrons. The zero-order valence-corrected chi connectivity index (χ0v) is 13.5. The maximum atomic E-state index is 9.81. The summed E-state index contributed by atoms with van der Waals surface area (Å²) >= 11 is 3.39. The molecule has 0 unspecified atom stereocenters. The number of nitriles is 1. The highest BCUT2D eigenvalue weighted by Gasteiger charge is 2.10. The Morgan fingerprint density at radius 2 is 2.05 bits per heavy atom. The van der Waals surface area contributed by atoms with Gasteiger partial charge in [0.25, 0.3) is 0 Å². The minimum absolute atomic E-state index is 0.402. The third-order valence-electron chi connectivity index (χ3n) is 3.28. The summed E-state index contributed by atoms with van der Waals surface area (Å²) in [5.41, 5.74) is 3.43. The molecule has 2 aromatic rings. The van der Waals surface area contributed by atoms with Crippen molar-refractivity contribution in [1.29, 1.82) is 5.26 Å². The van der Waals surface area contributed by atoms with E-state index in [1.165, 1.54) is 0 Å². The molecule has 0 saturated heterocycles. The summed E-state index contributed by atoms with van der Waals surface area (Å²) in [6.45, 7) is 4.07. The molecule has 1 atom stereocenters. The Morgan fingerprint density at radius 3 is 2.67 bits per heavy atom. The molecule has 0 aliphatic rings. The van der Waals surface area contributed by atoms with Crippen LogP contribution in [0, 0.1) is 18.3 Å². The average molecular weight is 346 g/mol. The molecule has 0 spiro atoms. The normalized spacial score (nSPS) is 11.8. The topological polar surface area (TPSA) is 53.2 Å². The fourth-order valence-electron chi connectivity index (χ4n) is 2.06. The molecular weight excluding hydrogens is 330 g/mol. The van der Waals surface area contributed by atoms with E-state index in [9.17, 15) is 5.11 Å². The van der Waals surface area contributed by atoms with Crippen molar-refractivity contribution < 1.29 is 9.84 Å². The maximum Gasteiger partial charge on any atom is 0.125 e. The highest BCUT2D eigenvalue weighted by Crippen LogP contribution is 2.29. The van der Waals surface area contributed by atoms with Gasteiger partial charge in [0.1, 0.15) is 12.4 Å². The fourth-order valence-corrected chi connectivity index (χ4v) is 2.44. The number of hydrogen-bond donors (Lipinski definition) is 1. The Morgan fingerprint density at radius 1 is 1.29 bits per heavy atom. The number of aliphatic hydroxyl groups is 1. The van der Waals surface area contributed by atoms with E-state index >= 15 is 0 Å². The van der Waals surface area contributed by atoms with Crippen molar-refractivity contribution in [3.8, 4) is 11.8 Å².